The van der Waals surface area contributed by atoms with Crippen LogP contribution in [0.15, 0.2) is 48.5 Å². The van der Waals surface area contributed by atoms with E-state index in [-0.39, 0.29) is 48.1 Å². The molecule has 0 bridgehead atoms. The second-order valence-electron chi connectivity index (χ2n) is 5.98. The Morgan fingerprint density at radius 3 is 1.68 bits per heavy atom. The second-order valence-corrected chi connectivity index (χ2v) is 6.84. The summed E-state index contributed by atoms with van der Waals surface area (Å²) in [4.78, 5) is 0. The van der Waals surface area contributed by atoms with Gasteiger partial charge in [0.1, 0.15) is 30.8 Å². The van der Waals surface area contributed by atoms with E-state index in [9.17, 15) is 22.9 Å². The van der Waals surface area contributed by atoms with Crippen LogP contribution in [0.4, 0.5) is 12.7 Å². The fraction of sp³-hybridized carbons (Fsp3) is 0.368. The molecule has 0 aliphatic carbocycles. The molecule has 0 radical (unpaired) electrons. The van der Waals surface area contributed by atoms with Gasteiger partial charge in [-0.05, 0) is 48.5 Å². The first kappa shape index (κ1) is 22.7. The SMILES string of the molecule is OC(CCl)COc1ccc(C(F)(F)c2ccc(OCC(O)CSF)cc2)cc1. The van der Waals surface area contributed by atoms with E-state index in [1.54, 1.807) is 0 Å². The average Bonchev–Trinajstić information content (AvgIpc) is 2.71. The zero-order valence-corrected chi connectivity index (χ0v) is 16.3. The van der Waals surface area contributed by atoms with Gasteiger partial charge in [0.15, 0.2) is 0 Å². The Labute approximate surface area is 170 Å². The smallest absolute Gasteiger partial charge is 0.298 e. The van der Waals surface area contributed by atoms with Crippen molar-refractivity contribution in [3.05, 3.63) is 59.7 Å². The number of aliphatic hydroxyl groups is 2. The Balaban J connectivity index is 2.01. The fourth-order valence-corrected chi connectivity index (χ4v) is 2.57. The molecule has 0 fully saturated rings. The van der Waals surface area contributed by atoms with Gasteiger partial charge in [-0.1, -0.05) is 0 Å². The van der Waals surface area contributed by atoms with Crippen LogP contribution in [0.3, 0.4) is 0 Å². The summed E-state index contributed by atoms with van der Waals surface area (Å²) in [5, 5.41) is 18.8. The van der Waals surface area contributed by atoms with E-state index in [2.05, 4.69) is 0 Å². The normalized spacial score (nSPS) is 13.8. The predicted octanol–water partition coefficient (Wildman–Crippen LogP) is 4.16. The lowest BCUT2D eigenvalue weighted by atomic mass is 10.0. The molecule has 2 rings (SSSR count). The molecule has 0 aliphatic heterocycles. The maximum absolute atomic E-state index is 14.7. The third kappa shape index (κ3) is 6.48. The third-order valence-corrected chi connectivity index (χ3v) is 4.62. The van der Waals surface area contributed by atoms with Gasteiger partial charge in [-0.25, -0.2) is 0 Å². The van der Waals surface area contributed by atoms with Crippen molar-refractivity contribution in [3.8, 4) is 11.5 Å². The lowest BCUT2D eigenvalue weighted by Crippen LogP contribution is -2.20. The molecule has 28 heavy (non-hydrogen) atoms. The van der Waals surface area contributed by atoms with Gasteiger partial charge < -0.3 is 19.7 Å². The van der Waals surface area contributed by atoms with Gasteiger partial charge in [-0.15, -0.1) is 11.6 Å². The summed E-state index contributed by atoms with van der Waals surface area (Å²) in [7, 11) is 0. The van der Waals surface area contributed by atoms with E-state index in [1.165, 1.54) is 48.5 Å². The van der Waals surface area contributed by atoms with Crippen molar-refractivity contribution in [2.75, 3.05) is 24.8 Å². The van der Waals surface area contributed by atoms with Gasteiger partial charge >= 0.3 is 0 Å². The standard InChI is InChI=1S/C19H20ClF3O4S/c20-9-15(24)10-26-17-5-1-13(2-6-17)19(21,22)14-3-7-18(8-4-14)27-11-16(25)12-28-23/h1-8,15-16,24-25H,9-12H2. The quantitative estimate of drug-likeness (QED) is 0.518. The Kier molecular flexibility index (Phi) is 8.75. The Morgan fingerprint density at radius 1 is 0.857 bits per heavy atom. The van der Waals surface area contributed by atoms with Crippen LogP contribution in [0.2, 0.25) is 0 Å². The summed E-state index contributed by atoms with van der Waals surface area (Å²) in [5.74, 6) is -2.71. The first-order valence-corrected chi connectivity index (χ1v) is 9.79. The van der Waals surface area contributed by atoms with Crippen LogP contribution in [0.1, 0.15) is 11.1 Å². The van der Waals surface area contributed by atoms with Crippen molar-refractivity contribution in [1.29, 1.82) is 0 Å². The van der Waals surface area contributed by atoms with E-state index in [4.69, 9.17) is 21.1 Å². The monoisotopic (exact) mass is 436 g/mol. The number of hydrogen-bond donors (Lipinski definition) is 2. The van der Waals surface area contributed by atoms with Crippen LogP contribution < -0.4 is 9.47 Å². The highest BCUT2D eigenvalue weighted by Gasteiger charge is 2.33. The molecule has 0 saturated heterocycles. The molecular formula is C19H20ClF3O4S. The van der Waals surface area contributed by atoms with Crippen LogP contribution in [0.25, 0.3) is 0 Å². The van der Waals surface area contributed by atoms with Gasteiger partial charge in [0.25, 0.3) is 5.92 Å². The number of halogens is 4. The number of rotatable bonds is 11. The second kappa shape index (κ2) is 10.8. The highest BCUT2D eigenvalue weighted by Crippen LogP contribution is 2.37. The zero-order chi connectivity index (χ0) is 20.6. The van der Waals surface area contributed by atoms with Gasteiger partial charge in [0.2, 0.25) is 0 Å². The van der Waals surface area contributed by atoms with Gasteiger partial charge in [-0.2, -0.15) is 12.7 Å². The van der Waals surface area contributed by atoms with E-state index < -0.39 is 18.1 Å². The van der Waals surface area contributed by atoms with Crippen molar-refractivity contribution in [2.45, 2.75) is 18.1 Å². The Bertz CT molecular complexity index is 716. The van der Waals surface area contributed by atoms with Gasteiger partial charge in [0.05, 0.1) is 17.7 Å². The van der Waals surface area contributed by atoms with Crippen molar-refractivity contribution in [1.82, 2.24) is 0 Å². The van der Waals surface area contributed by atoms with E-state index >= 15 is 0 Å². The summed E-state index contributed by atoms with van der Waals surface area (Å²) in [6.45, 7) is -0.161. The molecule has 154 valence electrons. The summed E-state index contributed by atoms with van der Waals surface area (Å²) in [6, 6.07) is 10.5. The molecule has 2 atom stereocenters. The van der Waals surface area contributed by atoms with Crippen molar-refractivity contribution >= 4 is 23.7 Å². The molecule has 0 heterocycles. The highest BCUT2D eigenvalue weighted by atomic mass is 35.5. The molecule has 9 heteroatoms. The lowest BCUT2D eigenvalue weighted by Gasteiger charge is -2.18. The highest BCUT2D eigenvalue weighted by molar-refractivity contribution is 7.94. The molecule has 0 aliphatic rings. The van der Waals surface area contributed by atoms with Crippen LogP contribution >= 0.6 is 23.7 Å². The van der Waals surface area contributed by atoms with Crippen LogP contribution in [-0.4, -0.2) is 47.3 Å². The van der Waals surface area contributed by atoms with Crippen molar-refractivity contribution < 1.29 is 32.4 Å². The summed E-state index contributed by atoms with van der Waals surface area (Å²) >= 11 is 5.46. The predicted molar refractivity (Wildman–Crippen MR) is 103 cm³/mol. The third-order valence-electron chi connectivity index (χ3n) is 3.75. The molecule has 0 spiro atoms. The van der Waals surface area contributed by atoms with Crippen molar-refractivity contribution in [3.63, 3.8) is 0 Å². The minimum absolute atomic E-state index is 0.00169. The minimum atomic E-state index is -3.24. The number of benzene rings is 2. The Hall–Kier alpha value is -1.61. The summed E-state index contributed by atoms with van der Waals surface area (Å²) in [5.41, 5.74) is -0.451. The maximum Gasteiger partial charge on any atom is 0.298 e. The Morgan fingerprint density at radius 2 is 1.29 bits per heavy atom. The van der Waals surface area contributed by atoms with Crippen LogP contribution in [0.5, 0.6) is 11.5 Å². The average molecular weight is 437 g/mol. The molecule has 2 N–H and O–H groups in total. The molecule has 2 unspecified atom stereocenters. The number of hydrogen-bond acceptors (Lipinski definition) is 5. The largest absolute Gasteiger partial charge is 0.491 e. The van der Waals surface area contributed by atoms with E-state index in [1.807, 2.05) is 0 Å². The first-order valence-electron chi connectivity index (χ1n) is 8.37. The summed E-state index contributed by atoms with van der Waals surface area (Å²) < 4.78 is 52.0. The van der Waals surface area contributed by atoms with Gasteiger partial charge in [-0.3, -0.25) is 0 Å². The fourth-order valence-electron chi connectivity index (χ4n) is 2.24. The molecular weight excluding hydrogens is 417 g/mol. The molecule has 0 aromatic heterocycles. The topological polar surface area (TPSA) is 58.9 Å². The van der Waals surface area contributed by atoms with Crippen LogP contribution in [-0.2, 0) is 5.92 Å². The molecule has 0 amide bonds. The maximum atomic E-state index is 14.7. The van der Waals surface area contributed by atoms with E-state index in [0.717, 1.165) is 0 Å². The molecule has 4 nitrogen and oxygen atoms in total. The lowest BCUT2D eigenvalue weighted by molar-refractivity contribution is 0.0426. The number of aliphatic hydroxyl groups excluding tert-OH is 2. The summed E-state index contributed by atoms with van der Waals surface area (Å²) in [6.07, 6.45) is -1.82. The molecule has 0 saturated carbocycles. The van der Waals surface area contributed by atoms with Gasteiger partial charge in [0, 0.05) is 23.3 Å². The first-order chi connectivity index (χ1) is 13.4. The van der Waals surface area contributed by atoms with Crippen LogP contribution in [0, 0.1) is 0 Å². The number of alkyl halides is 3. The molecule has 2 aromatic rings. The zero-order valence-electron chi connectivity index (χ0n) is 14.7. The minimum Gasteiger partial charge on any atom is -0.491 e. The van der Waals surface area contributed by atoms with Crippen molar-refractivity contribution in [2.24, 2.45) is 0 Å². The number of ether oxygens (including phenoxy) is 2. The molecule has 2 aromatic carbocycles. The van der Waals surface area contributed by atoms with E-state index in [0.29, 0.717) is 11.5 Å².